The Morgan fingerprint density at radius 3 is 2.61 bits per heavy atom. The van der Waals surface area contributed by atoms with Gasteiger partial charge < -0.3 is 4.90 Å². The Kier molecular flexibility index (Phi) is 8.57. The van der Waals surface area contributed by atoms with Gasteiger partial charge >= 0.3 is 0 Å². The lowest BCUT2D eigenvalue weighted by atomic mass is 10.3. The highest BCUT2D eigenvalue weighted by atomic mass is 35.5. The molecule has 2 aromatic heterocycles. The lowest BCUT2D eigenvalue weighted by molar-refractivity contribution is -0.114. The maximum absolute atomic E-state index is 14.0. The highest BCUT2D eigenvalue weighted by Crippen LogP contribution is 2.30. The number of fused-ring (bicyclic) bond motifs is 1. The van der Waals surface area contributed by atoms with Crippen molar-refractivity contribution in [1.82, 2.24) is 9.88 Å². The molecule has 0 atom stereocenters. The molecule has 0 N–H and O–H groups in total. The summed E-state index contributed by atoms with van der Waals surface area (Å²) in [5.74, 6) is -0.504. The maximum Gasteiger partial charge on any atom is 0.252 e. The minimum Gasteiger partial charge on any atom is -0.302 e. The van der Waals surface area contributed by atoms with E-state index in [4.69, 9.17) is 0 Å². The smallest absolute Gasteiger partial charge is 0.252 e. The average molecular weight is 440 g/mol. The van der Waals surface area contributed by atoms with Gasteiger partial charge in [0.2, 0.25) is 0 Å². The molecular formula is C20H23ClFN3OS2. The number of para-hydroxylation sites is 1. The molecule has 0 bridgehead atoms. The van der Waals surface area contributed by atoms with E-state index in [1.165, 1.54) is 17.4 Å². The number of nitrogens with zero attached hydrogens (tertiary/aromatic N) is 3. The van der Waals surface area contributed by atoms with E-state index in [0.29, 0.717) is 17.2 Å². The Morgan fingerprint density at radius 2 is 1.96 bits per heavy atom. The summed E-state index contributed by atoms with van der Waals surface area (Å²) in [5, 5.41) is 2.50. The first-order chi connectivity index (χ1) is 13.1. The lowest BCUT2D eigenvalue weighted by Crippen LogP contribution is -2.38. The van der Waals surface area contributed by atoms with E-state index in [2.05, 4.69) is 23.7 Å². The first kappa shape index (κ1) is 22.5. The van der Waals surface area contributed by atoms with Crippen LogP contribution in [0.4, 0.5) is 9.52 Å². The molecule has 0 aliphatic rings. The van der Waals surface area contributed by atoms with E-state index in [0.717, 1.165) is 29.2 Å². The SMILES string of the molecule is CCN(CC)CCN(C(=O)C=Cc1cccs1)c1nc2c(F)cccc2s1.Cl. The topological polar surface area (TPSA) is 36.4 Å². The summed E-state index contributed by atoms with van der Waals surface area (Å²) in [4.78, 5) is 22.2. The Balaban J connectivity index is 0.00000280. The zero-order valence-corrected chi connectivity index (χ0v) is 18.2. The second-order valence-corrected chi connectivity index (χ2v) is 7.94. The molecule has 0 saturated carbocycles. The van der Waals surface area contributed by atoms with E-state index < -0.39 is 0 Å². The molecule has 2 heterocycles. The molecule has 0 spiro atoms. The van der Waals surface area contributed by atoms with Gasteiger partial charge in [0.15, 0.2) is 5.13 Å². The summed E-state index contributed by atoms with van der Waals surface area (Å²) in [5.41, 5.74) is 0.320. The second kappa shape index (κ2) is 10.7. The number of halogens is 2. The summed E-state index contributed by atoms with van der Waals surface area (Å²) >= 11 is 2.92. The summed E-state index contributed by atoms with van der Waals surface area (Å²) in [6, 6.07) is 8.79. The largest absolute Gasteiger partial charge is 0.302 e. The molecule has 4 nitrogen and oxygen atoms in total. The maximum atomic E-state index is 14.0. The molecule has 0 fully saturated rings. The van der Waals surface area contributed by atoms with Gasteiger partial charge in [-0.15, -0.1) is 23.7 Å². The van der Waals surface area contributed by atoms with Gasteiger partial charge in [-0.1, -0.05) is 37.3 Å². The molecule has 3 aromatic rings. The van der Waals surface area contributed by atoms with Gasteiger partial charge in [0.1, 0.15) is 11.3 Å². The number of hydrogen-bond acceptors (Lipinski definition) is 5. The van der Waals surface area contributed by atoms with Crippen LogP contribution >= 0.6 is 35.1 Å². The van der Waals surface area contributed by atoms with E-state index in [1.807, 2.05) is 29.7 Å². The lowest BCUT2D eigenvalue weighted by Gasteiger charge is -2.23. The summed E-state index contributed by atoms with van der Waals surface area (Å²) < 4.78 is 14.8. The third-order valence-electron chi connectivity index (χ3n) is 4.32. The van der Waals surface area contributed by atoms with Gasteiger partial charge in [-0.3, -0.25) is 9.69 Å². The third-order valence-corrected chi connectivity index (χ3v) is 6.20. The predicted molar refractivity (Wildman–Crippen MR) is 120 cm³/mol. The van der Waals surface area contributed by atoms with Crippen molar-refractivity contribution in [2.75, 3.05) is 31.1 Å². The Morgan fingerprint density at radius 1 is 1.18 bits per heavy atom. The molecule has 0 saturated heterocycles. The number of aromatic nitrogens is 1. The number of carbonyl (C=O) groups excluding carboxylic acids is 1. The highest BCUT2D eigenvalue weighted by molar-refractivity contribution is 7.22. The van der Waals surface area contributed by atoms with E-state index >= 15 is 0 Å². The number of thiazole rings is 1. The summed E-state index contributed by atoms with van der Waals surface area (Å²) in [6.07, 6.45) is 3.38. The van der Waals surface area contributed by atoms with E-state index in [-0.39, 0.29) is 24.1 Å². The normalized spacial score (nSPS) is 11.3. The van der Waals surface area contributed by atoms with Crippen molar-refractivity contribution in [3.63, 3.8) is 0 Å². The van der Waals surface area contributed by atoms with Crippen LogP contribution in [-0.2, 0) is 4.79 Å². The molecule has 1 aromatic carbocycles. The molecule has 0 unspecified atom stereocenters. The zero-order chi connectivity index (χ0) is 19.2. The van der Waals surface area contributed by atoms with Gasteiger partial charge in [-0.05, 0) is 42.7 Å². The van der Waals surface area contributed by atoms with Crippen molar-refractivity contribution in [2.24, 2.45) is 0 Å². The van der Waals surface area contributed by atoms with Crippen molar-refractivity contribution in [3.05, 3.63) is 52.5 Å². The van der Waals surface area contributed by atoms with Crippen molar-refractivity contribution in [3.8, 4) is 0 Å². The average Bonchev–Trinajstić information content (AvgIpc) is 3.33. The monoisotopic (exact) mass is 439 g/mol. The van der Waals surface area contributed by atoms with Crippen LogP contribution in [0.1, 0.15) is 18.7 Å². The van der Waals surface area contributed by atoms with Crippen LogP contribution in [0, 0.1) is 5.82 Å². The third kappa shape index (κ3) is 5.38. The van der Waals surface area contributed by atoms with Crippen molar-refractivity contribution in [1.29, 1.82) is 0 Å². The number of likely N-dealkylation sites (N-methyl/N-ethyl adjacent to an activating group) is 1. The number of anilines is 1. The summed E-state index contributed by atoms with van der Waals surface area (Å²) in [6.45, 7) is 7.27. The Labute approximate surface area is 178 Å². The van der Waals surface area contributed by atoms with Crippen LogP contribution in [0.5, 0.6) is 0 Å². The van der Waals surface area contributed by atoms with Crippen LogP contribution in [0.15, 0.2) is 41.8 Å². The first-order valence-electron chi connectivity index (χ1n) is 8.92. The van der Waals surface area contributed by atoms with Gasteiger partial charge in [-0.2, -0.15) is 0 Å². The molecular weight excluding hydrogens is 417 g/mol. The van der Waals surface area contributed by atoms with E-state index in [9.17, 15) is 9.18 Å². The number of hydrogen-bond donors (Lipinski definition) is 0. The van der Waals surface area contributed by atoms with Crippen LogP contribution in [-0.4, -0.2) is 42.0 Å². The fourth-order valence-electron chi connectivity index (χ4n) is 2.73. The van der Waals surface area contributed by atoms with Crippen LogP contribution in [0.2, 0.25) is 0 Å². The second-order valence-electron chi connectivity index (χ2n) is 5.95. The molecule has 1 amide bonds. The molecule has 28 heavy (non-hydrogen) atoms. The van der Waals surface area contributed by atoms with Gasteiger partial charge in [0, 0.05) is 24.0 Å². The molecule has 0 aliphatic heterocycles. The van der Waals surface area contributed by atoms with Crippen LogP contribution < -0.4 is 4.90 Å². The highest BCUT2D eigenvalue weighted by Gasteiger charge is 2.19. The number of amides is 1. The number of rotatable bonds is 8. The zero-order valence-electron chi connectivity index (χ0n) is 15.8. The van der Waals surface area contributed by atoms with Crippen molar-refractivity contribution >= 4 is 62.4 Å². The predicted octanol–water partition coefficient (Wildman–Crippen LogP) is 5.31. The number of carbonyl (C=O) groups is 1. The number of benzene rings is 1. The van der Waals surface area contributed by atoms with E-state index in [1.54, 1.807) is 28.4 Å². The minimum absolute atomic E-state index is 0. The molecule has 0 aliphatic carbocycles. The van der Waals surface area contributed by atoms with Crippen LogP contribution in [0.3, 0.4) is 0 Å². The van der Waals surface area contributed by atoms with Crippen molar-refractivity contribution in [2.45, 2.75) is 13.8 Å². The number of thiophene rings is 1. The van der Waals surface area contributed by atoms with Gasteiger partial charge in [0.25, 0.3) is 5.91 Å². The summed E-state index contributed by atoms with van der Waals surface area (Å²) in [7, 11) is 0. The molecule has 8 heteroatoms. The molecule has 150 valence electrons. The first-order valence-corrected chi connectivity index (χ1v) is 10.6. The fraction of sp³-hybridized carbons (Fsp3) is 0.300. The molecule has 0 radical (unpaired) electrons. The minimum atomic E-state index is -0.361. The fourth-order valence-corrected chi connectivity index (χ4v) is 4.36. The molecule has 3 rings (SSSR count). The van der Waals surface area contributed by atoms with Gasteiger partial charge in [0.05, 0.1) is 4.70 Å². The van der Waals surface area contributed by atoms with Crippen LogP contribution in [0.25, 0.3) is 16.3 Å². The Hall–Kier alpha value is -1.80. The quantitative estimate of drug-likeness (QED) is 0.446. The Bertz CT molecular complexity index is 923. The van der Waals surface area contributed by atoms with Crippen molar-refractivity contribution < 1.29 is 9.18 Å². The standard InChI is InChI=1S/C20H22FN3OS2.ClH/c1-3-23(4-2)12-13-24(18(25)11-10-15-7-6-14-26-15)20-22-19-16(21)8-5-9-17(19)27-20;/h5-11,14H,3-4,12-13H2,1-2H3;1H. The van der Waals surface area contributed by atoms with Gasteiger partial charge in [-0.25, -0.2) is 9.37 Å².